The number of fused-ring (bicyclic) bond motifs is 1. The van der Waals surface area contributed by atoms with Crippen molar-refractivity contribution < 1.29 is 22.0 Å². The number of aromatic nitrogens is 1. The predicted molar refractivity (Wildman–Crippen MR) is 81.5 cm³/mol. The van der Waals surface area contributed by atoms with Crippen LogP contribution in [0.1, 0.15) is 10.4 Å². The van der Waals surface area contributed by atoms with Crippen molar-refractivity contribution in [2.45, 2.75) is 5.22 Å². The number of hydrogen-bond donors (Lipinski definition) is 1. The van der Waals surface area contributed by atoms with Crippen molar-refractivity contribution in [3.63, 3.8) is 0 Å². The second-order valence-corrected chi connectivity index (χ2v) is 6.79. The minimum absolute atomic E-state index is 0.295. The molecule has 0 bridgehead atoms. The van der Waals surface area contributed by atoms with Crippen molar-refractivity contribution in [3.8, 4) is 0 Å². The molecule has 23 heavy (non-hydrogen) atoms. The van der Waals surface area contributed by atoms with E-state index in [1.807, 2.05) is 0 Å². The van der Waals surface area contributed by atoms with Gasteiger partial charge >= 0.3 is 5.22 Å². The lowest BCUT2D eigenvalue weighted by molar-refractivity contribution is 0.102. The fraction of sp³-hybridized carbons (Fsp3) is 0.0667. The van der Waals surface area contributed by atoms with Gasteiger partial charge in [0.1, 0.15) is 11.3 Å². The summed E-state index contributed by atoms with van der Waals surface area (Å²) in [4.78, 5) is 15.9. The maximum absolute atomic E-state index is 12.9. The summed E-state index contributed by atoms with van der Waals surface area (Å²) in [5.74, 6) is -0.852. The molecule has 0 spiro atoms. The minimum Gasteiger partial charge on any atom is -0.428 e. The number of rotatable bonds is 3. The summed E-state index contributed by atoms with van der Waals surface area (Å²) in [5.41, 5.74) is 1.32. The van der Waals surface area contributed by atoms with Crippen LogP contribution in [-0.4, -0.2) is 25.6 Å². The Morgan fingerprint density at radius 3 is 2.52 bits per heavy atom. The number of carbonyl (C=O) groups is 1. The molecule has 1 aromatic heterocycles. The number of hydrogen-bond acceptors (Lipinski definition) is 5. The minimum atomic E-state index is -3.55. The van der Waals surface area contributed by atoms with Gasteiger partial charge in [-0.15, -0.1) is 0 Å². The van der Waals surface area contributed by atoms with E-state index in [4.69, 9.17) is 4.42 Å². The quantitative estimate of drug-likeness (QED) is 0.795. The van der Waals surface area contributed by atoms with Crippen LogP contribution in [0, 0.1) is 5.82 Å². The Balaban J connectivity index is 1.88. The Bertz CT molecular complexity index is 994. The van der Waals surface area contributed by atoms with E-state index in [1.165, 1.54) is 36.4 Å². The highest BCUT2D eigenvalue weighted by molar-refractivity contribution is 7.90. The highest BCUT2D eigenvalue weighted by Crippen LogP contribution is 2.22. The summed E-state index contributed by atoms with van der Waals surface area (Å²) in [6.45, 7) is 0. The number of anilines is 1. The van der Waals surface area contributed by atoms with Crippen LogP contribution in [-0.2, 0) is 9.84 Å². The number of carbonyl (C=O) groups excluding carboxylic acids is 1. The summed E-state index contributed by atoms with van der Waals surface area (Å²) < 4.78 is 40.8. The fourth-order valence-corrected chi connectivity index (χ4v) is 2.45. The molecule has 8 heteroatoms. The Morgan fingerprint density at radius 1 is 1.17 bits per heavy atom. The third-order valence-electron chi connectivity index (χ3n) is 3.05. The standard InChI is InChI=1S/C15H11FN2O4S/c1-23(20,21)15-18-12-8-11(6-7-13(12)22-15)17-14(19)9-2-4-10(16)5-3-9/h2-8H,1H3,(H,17,19). The molecule has 0 atom stereocenters. The van der Waals surface area contributed by atoms with Gasteiger partial charge in [-0.1, -0.05) is 0 Å². The number of halogens is 1. The first-order chi connectivity index (χ1) is 10.8. The van der Waals surface area contributed by atoms with Crippen LogP contribution in [0.5, 0.6) is 0 Å². The van der Waals surface area contributed by atoms with Gasteiger partial charge in [0.25, 0.3) is 5.91 Å². The highest BCUT2D eigenvalue weighted by atomic mass is 32.2. The second kappa shape index (κ2) is 5.47. The van der Waals surface area contributed by atoms with E-state index in [0.717, 1.165) is 6.26 Å². The van der Waals surface area contributed by atoms with E-state index in [0.29, 0.717) is 22.4 Å². The van der Waals surface area contributed by atoms with Crippen molar-refractivity contribution in [1.82, 2.24) is 4.98 Å². The van der Waals surface area contributed by atoms with Gasteiger partial charge in [-0.3, -0.25) is 4.79 Å². The van der Waals surface area contributed by atoms with Crippen LogP contribution in [0.25, 0.3) is 11.1 Å². The smallest absolute Gasteiger partial charge is 0.315 e. The molecule has 0 saturated carbocycles. The van der Waals surface area contributed by atoms with Crippen molar-refractivity contribution in [2.24, 2.45) is 0 Å². The van der Waals surface area contributed by atoms with Gasteiger partial charge in [0.15, 0.2) is 5.58 Å². The summed E-state index contributed by atoms with van der Waals surface area (Å²) in [6, 6.07) is 9.66. The highest BCUT2D eigenvalue weighted by Gasteiger charge is 2.16. The Kier molecular flexibility index (Phi) is 3.61. The van der Waals surface area contributed by atoms with Gasteiger partial charge in [-0.2, -0.15) is 4.98 Å². The van der Waals surface area contributed by atoms with E-state index in [2.05, 4.69) is 10.3 Å². The molecule has 3 aromatic rings. The van der Waals surface area contributed by atoms with E-state index in [-0.39, 0.29) is 5.22 Å². The summed E-state index contributed by atoms with van der Waals surface area (Å²) in [5, 5.41) is 2.25. The predicted octanol–water partition coefficient (Wildman–Crippen LogP) is 2.62. The monoisotopic (exact) mass is 334 g/mol. The molecule has 0 radical (unpaired) electrons. The molecule has 0 saturated heterocycles. The molecule has 3 rings (SSSR count). The van der Waals surface area contributed by atoms with Crippen molar-refractivity contribution in [1.29, 1.82) is 0 Å². The third-order valence-corrected chi connectivity index (χ3v) is 3.86. The number of nitrogens with zero attached hydrogens (tertiary/aromatic N) is 1. The summed E-state index contributed by atoms with van der Waals surface area (Å²) in [7, 11) is -3.55. The lowest BCUT2D eigenvalue weighted by atomic mass is 10.2. The fourth-order valence-electron chi connectivity index (χ4n) is 1.95. The zero-order chi connectivity index (χ0) is 16.6. The molecule has 6 nitrogen and oxygen atoms in total. The lowest BCUT2D eigenvalue weighted by Crippen LogP contribution is -2.11. The average molecular weight is 334 g/mol. The van der Waals surface area contributed by atoms with E-state index >= 15 is 0 Å². The maximum Gasteiger partial charge on any atom is 0.315 e. The van der Waals surface area contributed by atoms with Crippen molar-refractivity contribution in [2.75, 3.05) is 11.6 Å². The molecule has 1 amide bonds. The molecule has 2 aromatic carbocycles. The molecular weight excluding hydrogens is 323 g/mol. The van der Waals surface area contributed by atoms with Crippen molar-refractivity contribution in [3.05, 3.63) is 53.8 Å². The SMILES string of the molecule is CS(=O)(=O)c1nc2cc(NC(=O)c3ccc(F)cc3)ccc2o1. The Labute approximate surface area is 130 Å². The molecule has 0 aliphatic rings. The number of benzene rings is 2. The Morgan fingerprint density at radius 2 is 1.87 bits per heavy atom. The van der Waals surface area contributed by atoms with Crippen LogP contribution in [0.15, 0.2) is 52.1 Å². The first kappa shape index (κ1) is 15.2. The van der Waals surface area contributed by atoms with Crippen LogP contribution in [0.4, 0.5) is 10.1 Å². The molecule has 1 heterocycles. The first-order valence-corrected chi connectivity index (χ1v) is 8.40. The number of nitrogens with one attached hydrogen (secondary N) is 1. The van der Waals surface area contributed by atoms with Crippen molar-refractivity contribution >= 4 is 32.5 Å². The van der Waals surface area contributed by atoms with Gasteiger partial charge in [0.2, 0.25) is 9.84 Å². The van der Waals surface area contributed by atoms with E-state index < -0.39 is 21.6 Å². The maximum atomic E-state index is 12.9. The number of sulfone groups is 1. The normalized spacial score (nSPS) is 11.6. The Hall–Kier alpha value is -2.74. The zero-order valence-corrected chi connectivity index (χ0v) is 12.7. The molecule has 0 fully saturated rings. The summed E-state index contributed by atoms with van der Waals surface area (Å²) in [6.07, 6.45) is 0.995. The molecule has 1 N–H and O–H groups in total. The zero-order valence-electron chi connectivity index (χ0n) is 11.9. The molecular formula is C15H11FN2O4S. The molecule has 0 aliphatic heterocycles. The third kappa shape index (κ3) is 3.21. The number of oxazole rings is 1. The average Bonchev–Trinajstić information content (AvgIpc) is 2.91. The van der Waals surface area contributed by atoms with E-state index in [1.54, 1.807) is 6.07 Å². The topological polar surface area (TPSA) is 89.3 Å². The van der Waals surface area contributed by atoms with Crippen LogP contribution in [0.2, 0.25) is 0 Å². The van der Waals surface area contributed by atoms with Gasteiger partial charge in [-0.05, 0) is 42.5 Å². The van der Waals surface area contributed by atoms with Crippen LogP contribution < -0.4 is 5.32 Å². The van der Waals surface area contributed by atoms with Gasteiger partial charge in [0, 0.05) is 17.5 Å². The van der Waals surface area contributed by atoms with Gasteiger partial charge in [-0.25, -0.2) is 12.8 Å². The molecule has 118 valence electrons. The van der Waals surface area contributed by atoms with Gasteiger partial charge in [0.05, 0.1) is 0 Å². The molecule has 0 aliphatic carbocycles. The summed E-state index contributed by atoms with van der Waals surface area (Å²) >= 11 is 0. The van der Waals surface area contributed by atoms with Crippen LogP contribution >= 0.6 is 0 Å². The largest absolute Gasteiger partial charge is 0.428 e. The second-order valence-electron chi connectivity index (χ2n) is 4.90. The first-order valence-electron chi connectivity index (χ1n) is 6.50. The molecule has 0 unspecified atom stereocenters. The number of amides is 1. The lowest BCUT2D eigenvalue weighted by Gasteiger charge is -2.04. The van der Waals surface area contributed by atoms with E-state index in [9.17, 15) is 17.6 Å². The van der Waals surface area contributed by atoms with Crippen LogP contribution in [0.3, 0.4) is 0 Å². The van der Waals surface area contributed by atoms with Gasteiger partial charge < -0.3 is 9.73 Å².